The van der Waals surface area contributed by atoms with Gasteiger partial charge < -0.3 is 15.7 Å². The van der Waals surface area contributed by atoms with E-state index in [2.05, 4.69) is 11.9 Å². The van der Waals surface area contributed by atoms with E-state index in [0.717, 1.165) is 19.4 Å². The van der Waals surface area contributed by atoms with E-state index >= 15 is 0 Å². The maximum Gasteiger partial charge on any atom is 0.0824 e. The lowest BCUT2D eigenvalue weighted by Gasteiger charge is -2.52. The van der Waals surface area contributed by atoms with Crippen molar-refractivity contribution in [1.29, 1.82) is 0 Å². The van der Waals surface area contributed by atoms with Crippen LogP contribution in [0, 0.1) is 5.92 Å². The van der Waals surface area contributed by atoms with Crippen LogP contribution in [0.4, 0.5) is 0 Å². The van der Waals surface area contributed by atoms with Crippen LogP contribution in [0.15, 0.2) is 0 Å². The molecule has 3 aliphatic rings. The molecule has 3 fully saturated rings. The molecule has 3 atom stereocenters. The molecule has 2 saturated heterocycles. The van der Waals surface area contributed by atoms with E-state index in [1.54, 1.807) is 0 Å². The second kappa shape index (κ2) is 2.69. The molecule has 2 aliphatic heterocycles. The fraction of sp³-hybridized carbons (Fsp3) is 1.00. The second-order valence-electron chi connectivity index (χ2n) is 4.38. The number of fused-ring (bicyclic) bond motifs is 3. The molecular weight excluding hydrogens is 152 g/mol. The van der Waals surface area contributed by atoms with Crippen molar-refractivity contribution < 1.29 is 5.11 Å². The van der Waals surface area contributed by atoms with E-state index in [0.29, 0.717) is 18.5 Å². The summed E-state index contributed by atoms with van der Waals surface area (Å²) in [6.45, 7) is 1.46. The van der Waals surface area contributed by atoms with Gasteiger partial charge >= 0.3 is 0 Å². The Morgan fingerprint density at radius 2 is 2.33 bits per heavy atom. The Morgan fingerprint density at radius 3 is 2.75 bits per heavy atom. The van der Waals surface area contributed by atoms with Crippen LogP contribution in [0.3, 0.4) is 0 Å². The molecule has 0 radical (unpaired) electrons. The lowest BCUT2D eigenvalue weighted by Crippen LogP contribution is -2.62. The van der Waals surface area contributed by atoms with E-state index in [-0.39, 0.29) is 0 Å². The highest BCUT2D eigenvalue weighted by Crippen LogP contribution is 2.40. The third-order valence-corrected chi connectivity index (χ3v) is 3.68. The van der Waals surface area contributed by atoms with Crippen LogP contribution in [-0.4, -0.2) is 41.8 Å². The Kier molecular flexibility index (Phi) is 1.90. The maximum absolute atomic E-state index is 10.1. The van der Waals surface area contributed by atoms with Gasteiger partial charge in [0.1, 0.15) is 0 Å². The van der Waals surface area contributed by atoms with Gasteiger partial charge in [0.2, 0.25) is 0 Å². The van der Waals surface area contributed by atoms with Gasteiger partial charge in [0.25, 0.3) is 0 Å². The molecule has 3 N–H and O–H groups in total. The molecule has 0 aromatic heterocycles. The van der Waals surface area contributed by atoms with Crippen molar-refractivity contribution in [3.63, 3.8) is 0 Å². The van der Waals surface area contributed by atoms with Crippen molar-refractivity contribution in [2.24, 2.45) is 11.7 Å². The minimum Gasteiger partial charge on any atom is -0.388 e. The first-order chi connectivity index (χ1) is 5.65. The number of rotatable bonds is 1. The highest BCUT2D eigenvalue weighted by atomic mass is 16.3. The third kappa shape index (κ3) is 1.08. The summed E-state index contributed by atoms with van der Waals surface area (Å²) in [7, 11) is 2.15. The lowest BCUT2D eigenvalue weighted by atomic mass is 9.69. The predicted molar refractivity (Wildman–Crippen MR) is 47.8 cm³/mol. The topological polar surface area (TPSA) is 49.5 Å². The normalized spacial score (nSPS) is 48.2. The fourth-order valence-electron chi connectivity index (χ4n) is 2.72. The summed E-state index contributed by atoms with van der Waals surface area (Å²) in [5.74, 6) is 0.414. The lowest BCUT2D eigenvalue weighted by molar-refractivity contribution is -0.114. The van der Waals surface area contributed by atoms with Crippen LogP contribution in [0.1, 0.15) is 19.3 Å². The van der Waals surface area contributed by atoms with Gasteiger partial charge in [-0.1, -0.05) is 0 Å². The summed E-state index contributed by atoms with van der Waals surface area (Å²) in [5.41, 5.74) is 5.05. The van der Waals surface area contributed by atoms with Crippen LogP contribution in [-0.2, 0) is 0 Å². The van der Waals surface area contributed by atoms with Gasteiger partial charge in [-0.3, -0.25) is 0 Å². The summed E-state index contributed by atoms with van der Waals surface area (Å²) < 4.78 is 0. The molecule has 2 bridgehead atoms. The summed E-state index contributed by atoms with van der Waals surface area (Å²) >= 11 is 0. The van der Waals surface area contributed by atoms with E-state index < -0.39 is 5.60 Å². The van der Waals surface area contributed by atoms with Crippen molar-refractivity contribution in [3.8, 4) is 0 Å². The number of nitrogens with two attached hydrogens (primary N) is 1. The van der Waals surface area contributed by atoms with Crippen LogP contribution in [0.5, 0.6) is 0 Å². The molecule has 0 amide bonds. The average Bonchev–Trinajstić information content (AvgIpc) is 2.08. The Morgan fingerprint density at radius 1 is 1.58 bits per heavy atom. The van der Waals surface area contributed by atoms with Gasteiger partial charge in [0, 0.05) is 25.0 Å². The summed E-state index contributed by atoms with van der Waals surface area (Å²) in [5, 5.41) is 10.1. The molecule has 3 unspecified atom stereocenters. The van der Waals surface area contributed by atoms with Crippen molar-refractivity contribution in [2.45, 2.75) is 30.9 Å². The molecule has 2 heterocycles. The van der Waals surface area contributed by atoms with E-state index in [9.17, 15) is 5.11 Å². The molecule has 0 spiro atoms. The number of piperidine rings is 2. The molecule has 0 aromatic carbocycles. The summed E-state index contributed by atoms with van der Waals surface area (Å²) in [6, 6.07) is 0.573. The van der Waals surface area contributed by atoms with E-state index in [1.165, 1.54) is 6.42 Å². The standard InChI is InChI=1S/C9H18N2O/c1-11-5-7-2-3-8(11)4-9(7,12)6-10/h7-8,12H,2-6,10H2,1H3. The average molecular weight is 170 g/mol. The minimum atomic E-state index is -0.546. The van der Waals surface area contributed by atoms with Gasteiger partial charge in [0.15, 0.2) is 0 Å². The SMILES string of the molecule is CN1CC2CCC1CC2(O)CN. The molecule has 3 rings (SSSR count). The van der Waals surface area contributed by atoms with Gasteiger partial charge in [-0.25, -0.2) is 0 Å². The Bertz CT molecular complexity index is 185. The highest BCUT2D eigenvalue weighted by Gasteiger charge is 2.47. The number of nitrogens with zero attached hydrogens (tertiary/aromatic N) is 1. The molecule has 1 aliphatic carbocycles. The molecule has 0 aromatic rings. The van der Waals surface area contributed by atoms with E-state index in [1.807, 2.05) is 0 Å². The fourth-order valence-corrected chi connectivity index (χ4v) is 2.72. The quantitative estimate of drug-likeness (QED) is 0.572. The second-order valence-corrected chi connectivity index (χ2v) is 4.38. The predicted octanol–water partition coefficient (Wildman–Crippen LogP) is -0.210. The third-order valence-electron chi connectivity index (χ3n) is 3.68. The maximum atomic E-state index is 10.1. The Hall–Kier alpha value is -0.120. The number of hydrogen-bond donors (Lipinski definition) is 2. The Labute approximate surface area is 73.5 Å². The Balaban J connectivity index is 2.15. The zero-order valence-corrected chi connectivity index (χ0v) is 7.66. The van der Waals surface area contributed by atoms with Crippen LogP contribution in [0.2, 0.25) is 0 Å². The number of hydrogen-bond acceptors (Lipinski definition) is 3. The van der Waals surface area contributed by atoms with Gasteiger partial charge in [0.05, 0.1) is 5.60 Å². The summed E-state index contributed by atoms with van der Waals surface area (Å²) in [4.78, 5) is 2.36. The summed E-state index contributed by atoms with van der Waals surface area (Å²) in [6.07, 6.45) is 3.27. The first-order valence-electron chi connectivity index (χ1n) is 4.78. The van der Waals surface area contributed by atoms with Crippen molar-refractivity contribution in [2.75, 3.05) is 20.1 Å². The molecular formula is C9H18N2O. The van der Waals surface area contributed by atoms with Gasteiger partial charge in [-0.2, -0.15) is 0 Å². The molecule has 12 heavy (non-hydrogen) atoms. The van der Waals surface area contributed by atoms with Gasteiger partial charge in [-0.15, -0.1) is 0 Å². The minimum absolute atomic E-state index is 0.414. The zero-order chi connectivity index (χ0) is 8.77. The number of aliphatic hydroxyl groups is 1. The van der Waals surface area contributed by atoms with Crippen LogP contribution < -0.4 is 5.73 Å². The molecule has 70 valence electrons. The monoisotopic (exact) mass is 170 g/mol. The van der Waals surface area contributed by atoms with Gasteiger partial charge in [-0.05, 0) is 26.3 Å². The zero-order valence-electron chi connectivity index (χ0n) is 7.66. The molecule has 1 saturated carbocycles. The first-order valence-corrected chi connectivity index (χ1v) is 4.78. The van der Waals surface area contributed by atoms with Crippen molar-refractivity contribution in [3.05, 3.63) is 0 Å². The van der Waals surface area contributed by atoms with Crippen LogP contribution in [0.25, 0.3) is 0 Å². The van der Waals surface area contributed by atoms with Crippen molar-refractivity contribution in [1.82, 2.24) is 4.90 Å². The smallest absolute Gasteiger partial charge is 0.0824 e. The largest absolute Gasteiger partial charge is 0.388 e. The molecule has 3 heteroatoms. The molecule has 3 nitrogen and oxygen atoms in total. The highest BCUT2D eigenvalue weighted by molar-refractivity contribution is 5.02. The van der Waals surface area contributed by atoms with Crippen molar-refractivity contribution >= 4 is 0 Å². The van der Waals surface area contributed by atoms with Crippen LogP contribution >= 0.6 is 0 Å². The van der Waals surface area contributed by atoms with E-state index in [4.69, 9.17) is 5.73 Å². The first kappa shape index (κ1) is 8.48.